The molecule has 0 aliphatic carbocycles. The van der Waals surface area contributed by atoms with Gasteiger partial charge in [0, 0.05) is 12.2 Å². The number of amides is 1. The Labute approximate surface area is 158 Å². The fraction of sp³-hybridized carbons (Fsp3) is 0.278. The summed E-state index contributed by atoms with van der Waals surface area (Å²) in [4.78, 5) is 12.3. The van der Waals surface area contributed by atoms with Gasteiger partial charge in [-0.15, -0.1) is 0 Å². The van der Waals surface area contributed by atoms with Gasteiger partial charge in [0.05, 0.1) is 22.2 Å². The topological polar surface area (TPSA) is 78.5 Å². The molecule has 26 heavy (non-hydrogen) atoms. The molecule has 0 bridgehead atoms. The fourth-order valence-electron chi connectivity index (χ4n) is 2.77. The second kappa shape index (κ2) is 7.55. The molecule has 6 nitrogen and oxygen atoms in total. The summed E-state index contributed by atoms with van der Waals surface area (Å²) in [7, 11) is -3.19. The molecule has 3 rings (SSSR count). The molecule has 1 atom stereocenters. The molecule has 1 heterocycles. The third-order valence-corrected chi connectivity index (χ3v) is 6.36. The number of halogens is 1. The number of hydrogen-bond acceptors (Lipinski definition) is 4. The number of carbonyl (C=O) groups excluding carboxylic acids is 1. The second-order valence-electron chi connectivity index (χ2n) is 6.12. The van der Waals surface area contributed by atoms with Crippen molar-refractivity contribution < 1.29 is 13.2 Å². The fourth-order valence-corrected chi connectivity index (χ4v) is 4.52. The Balaban J connectivity index is 1.63. The van der Waals surface area contributed by atoms with Crippen LogP contribution in [0.4, 0.5) is 17.1 Å². The van der Waals surface area contributed by atoms with Crippen LogP contribution in [0.15, 0.2) is 48.5 Å². The number of anilines is 3. The number of sulfonamides is 1. The van der Waals surface area contributed by atoms with Crippen molar-refractivity contribution in [1.29, 1.82) is 0 Å². The quantitative estimate of drug-likeness (QED) is 0.816. The largest absolute Gasteiger partial charge is 0.374 e. The Morgan fingerprint density at radius 2 is 1.85 bits per heavy atom. The van der Waals surface area contributed by atoms with E-state index in [9.17, 15) is 13.2 Å². The number of rotatable bonds is 5. The van der Waals surface area contributed by atoms with Crippen molar-refractivity contribution in [2.24, 2.45) is 0 Å². The predicted octanol–water partition coefficient (Wildman–Crippen LogP) is 3.32. The number of para-hydroxylation sites is 1. The van der Waals surface area contributed by atoms with Gasteiger partial charge >= 0.3 is 0 Å². The molecule has 2 aromatic rings. The predicted molar refractivity (Wildman–Crippen MR) is 105 cm³/mol. The lowest BCUT2D eigenvalue weighted by molar-refractivity contribution is -0.116. The van der Waals surface area contributed by atoms with Gasteiger partial charge in [0.1, 0.15) is 6.04 Å². The van der Waals surface area contributed by atoms with Crippen molar-refractivity contribution >= 4 is 44.6 Å². The molecule has 1 aliphatic rings. The summed E-state index contributed by atoms with van der Waals surface area (Å²) in [6.07, 6.45) is 0.640. The number of nitrogens with one attached hydrogen (secondary N) is 2. The van der Waals surface area contributed by atoms with E-state index in [4.69, 9.17) is 11.6 Å². The summed E-state index contributed by atoms with van der Waals surface area (Å²) < 4.78 is 25.3. The van der Waals surface area contributed by atoms with Gasteiger partial charge in [-0.2, -0.15) is 0 Å². The molecule has 0 radical (unpaired) electrons. The highest BCUT2D eigenvalue weighted by Crippen LogP contribution is 2.26. The lowest BCUT2D eigenvalue weighted by Gasteiger charge is -2.19. The number of benzene rings is 2. The maximum atomic E-state index is 12.3. The van der Waals surface area contributed by atoms with Crippen molar-refractivity contribution in [2.45, 2.75) is 19.4 Å². The van der Waals surface area contributed by atoms with E-state index in [0.29, 0.717) is 29.4 Å². The zero-order chi connectivity index (χ0) is 18.7. The molecule has 1 fully saturated rings. The Hall–Kier alpha value is -2.25. The lowest BCUT2D eigenvalue weighted by Crippen LogP contribution is -2.32. The normalized spacial score (nSPS) is 16.9. The van der Waals surface area contributed by atoms with Crippen LogP contribution < -0.4 is 14.9 Å². The summed E-state index contributed by atoms with van der Waals surface area (Å²) in [6.45, 7) is 2.25. The van der Waals surface area contributed by atoms with Crippen molar-refractivity contribution in [3.05, 3.63) is 53.6 Å². The van der Waals surface area contributed by atoms with Gasteiger partial charge in [-0.05, 0) is 49.7 Å². The van der Waals surface area contributed by atoms with E-state index in [2.05, 4.69) is 10.6 Å². The zero-order valence-corrected chi connectivity index (χ0v) is 15.8. The third kappa shape index (κ3) is 4.11. The average Bonchev–Trinajstić information content (AvgIpc) is 2.97. The molecule has 1 aliphatic heterocycles. The zero-order valence-electron chi connectivity index (χ0n) is 14.3. The highest BCUT2D eigenvalue weighted by atomic mass is 35.5. The molecular formula is C18H20ClN3O3S. The SMILES string of the molecule is CC(Nc1ccc(N2CCCS2(=O)=O)cc1)C(=O)Nc1ccccc1Cl. The minimum absolute atomic E-state index is 0.187. The molecule has 2 N–H and O–H groups in total. The second-order valence-corrected chi connectivity index (χ2v) is 8.54. The number of nitrogens with zero attached hydrogens (tertiary/aromatic N) is 1. The molecular weight excluding hydrogens is 374 g/mol. The molecule has 1 saturated heterocycles. The molecule has 0 spiro atoms. The maximum absolute atomic E-state index is 12.3. The number of carbonyl (C=O) groups is 1. The highest BCUT2D eigenvalue weighted by Gasteiger charge is 2.28. The molecule has 8 heteroatoms. The monoisotopic (exact) mass is 393 g/mol. The van der Waals surface area contributed by atoms with Gasteiger partial charge < -0.3 is 10.6 Å². The Morgan fingerprint density at radius 1 is 1.15 bits per heavy atom. The lowest BCUT2D eigenvalue weighted by atomic mass is 10.2. The first-order valence-electron chi connectivity index (χ1n) is 8.29. The van der Waals surface area contributed by atoms with Crippen LogP contribution in [0, 0.1) is 0 Å². The van der Waals surface area contributed by atoms with Crippen LogP contribution in [0.5, 0.6) is 0 Å². The van der Waals surface area contributed by atoms with Gasteiger partial charge in [0.25, 0.3) is 0 Å². The molecule has 2 aromatic carbocycles. The van der Waals surface area contributed by atoms with Crippen LogP contribution in [0.2, 0.25) is 5.02 Å². The van der Waals surface area contributed by atoms with Crippen molar-refractivity contribution in [1.82, 2.24) is 0 Å². The van der Waals surface area contributed by atoms with Gasteiger partial charge in [0.15, 0.2) is 0 Å². The van der Waals surface area contributed by atoms with E-state index in [0.717, 1.165) is 5.69 Å². The Morgan fingerprint density at radius 3 is 2.46 bits per heavy atom. The molecule has 1 unspecified atom stereocenters. The average molecular weight is 394 g/mol. The van der Waals surface area contributed by atoms with Gasteiger partial charge in [-0.25, -0.2) is 8.42 Å². The smallest absolute Gasteiger partial charge is 0.246 e. The number of hydrogen-bond donors (Lipinski definition) is 2. The summed E-state index contributed by atoms with van der Waals surface area (Å²) in [5, 5.41) is 6.35. The Bertz CT molecular complexity index is 900. The first-order valence-corrected chi connectivity index (χ1v) is 10.3. The van der Waals surface area contributed by atoms with Crippen LogP contribution in [0.25, 0.3) is 0 Å². The first-order chi connectivity index (χ1) is 12.4. The van der Waals surface area contributed by atoms with Gasteiger partial charge in [-0.3, -0.25) is 9.10 Å². The minimum atomic E-state index is -3.19. The van der Waals surface area contributed by atoms with Crippen LogP contribution in [0.1, 0.15) is 13.3 Å². The summed E-state index contributed by atoms with van der Waals surface area (Å²) in [5.41, 5.74) is 1.93. The van der Waals surface area contributed by atoms with Gasteiger partial charge in [-0.1, -0.05) is 23.7 Å². The highest BCUT2D eigenvalue weighted by molar-refractivity contribution is 7.93. The minimum Gasteiger partial charge on any atom is -0.374 e. The molecule has 1 amide bonds. The molecule has 0 saturated carbocycles. The van der Waals surface area contributed by atoms with E-state index in [1.165, 1.54) is 4.31 Å². The van der Waals surface area contributed by atoms with E-state index in [-0.39, 0.29) is 11.7 Å². The standard InChI is InChI=1S/C18H20ClN3O3S/c1-13(18(23)21-17-6-3-2-5-16(17)19)20-14-7-9-15(10-8-14)22-11-4-12-26(22,24)25/h2-3,5-10,13,20H,4,11-12H2,1H3,(H,21,23). The summed E-state index contributed by atoms with van der Waals surface area (Å²) in [5.74, 6) is -0.0315. The summed E-state index contributed by atoms with van der Waals surface area (Å²) >= 11 is 6.05. The van der Waals surface area contributed by atoms with Crippen LogP contribution in [0.3, 0.4) is 0 Å². The molecule has 138 valence electrons. The van der Waals surface area contributed by atoms with E-state index in [1.54, 1.807) is 55.5 Å². The van der Waals surface area contributed by atoms with Crippen LogP contribution in [-0.2, 0) is 14.8 Å². The van der Waals surface area contributed by atoms with Crippen molar-refractivity contribution in [3.63, 3.8) is 0 Å². The van der Waals surface area contributed by atoms with E-state index < -0.39 is 16.1 Å². The van der Waals surface area contributed by atoms with Crippen molar-refractivity contribution in [3.8, 4) is 0 Å². The van der Waals surface area contributed by atoms with Gasteiger partial charge in [0.2, 0.25) is 15.9 Å². The van der Waals surface area contributed by atoms with Crippen LogP contribution in [-0.4, -0.2) is 32.7 Å². The third-order valence-electron chi connectivity index (χ3n) is 4.16. The maximum Gasteiger partial charge on any atom is 0.246 e. The summed E-state index contributed by atoms with van der Waals surface area (Å²) in [6, 6.07) is 13.6. The Kier molecular flexibility index (Phi) is 5.38. The van der Waals surface area contributed by atoms with E-state index >= 15 is 0 Å². The van der Waals surface area contributed by atoms with Crippen molar-refractivity contribution in [2.75, 3.05) is 27.2 Å². The first kappa shape index (κ1) is 18.5. The van der Waals surface area contributed by atoms with Crippen LogP contribution >= 0.6 is 11.6 Å². The van der Waals surface area contributed by atoms with E-state index in [1.807, 2.05) is 0 Å². The molecule has 0 aromatic heterocycles.